The molecular formula is C23H28O5. The summed E-state index contributed by atoms with van der Waals surface area (Å²) in [6.45, 7) is 2.66. The van der Waals surface area contributed by atoms with Crippen molar-refractivity contribution < 1.29 is 23.7 Å². The number of hydrogen-bond acceptors (Lipinski definition) is 5. The maximum Gasteiger partial charge on any atom is 0.190 e. The van der Waals surface area contributed by atoms with E-state index in [9.17, 15) is 0 Å². The molecule has 0 aliphatic carbocycles. The minimum absolute atomic E-state index is 0.0164. The molecular weight excluding hydrogens is 356 g/mol. The van der Waals surface area contributed by atoms with Crippen molar-refractivity contribution in [1.82, 2.24) is 0 Å². The van der Waals surface area contributed by atoms with E-state index in [0.29, 0.717) is 6.61 Å². The summed E-state index contributed by atoms with van der Waals surface area (Å²) >= 11 is 0. The summed E-state index contributed by atoms with van der Waals surface area (Å²) in [7, 11) is 1.67. The Labute approximate surface area is 166 Å². The molecule has 0 bridgehead atoms. The summed E-state index contributed by atoms with van der Waals surface area (Å²) in [6, 6.07) is 17.9. The number of hydrogen-bond donors (Lipinski definition) is 0. The van der Waals surface area contributed by atoms with E-state index in [1.165, 1.54) is 0 Å². The predicted molar refractivity (Wildman–Crippen MR) is 105 cm³/mol. The molecule has 0 spiro atoms. The van der Waals surface area contributed by atoms with Crippen LogP contribution in [0.1, 0.15) is 43.6 Å². The van der Waals surface area contributed by atoms with E-state index in [4.69, 9.17) is 23.7 Å². The second-order valence-electron chi connectivity index (χ2n) is 7.29. The molecule has 28 heavy (non-hydrogen) atoms. The van der Waals surface area contributed by atoms with E-state index in [-0.39, 0.29) is 24.6 Å². The van der Waals surface area contributed by atoms with Crippen LogP contribution in [0.4, 0.5) is 0 Å². The molecule has 0 saturated carbocycles. The maximum absolute atomic E-state index is 6.31. The lowest BCUT2D eigenvalue weighted by molar-refractivity contribution is -0.178. The Hall–Kier alpha value is -1.92. The summed E-state index contributed by atoms with van der Waals surface area (Å²) in [6.07, 6.45) is 1.95. The van der Waals surface area contributed by atoms with Crippen molar-refractivity contribution >= 4 is 0 Å². The van der Waals surface area contributed by atoms with E-state index in [1.807, 2.05) is 54.6 Å². The first-order chi connectivity index (χ1) is 13.8. The van der Waals surface area contributed by atoms with Gasteiger partial charge in [0.1, 0.15) is 18.0 Å². The Balaban J connectivity index is 1.45. The van der Waals surface area contributed by atoms with E-state index in [2.05, 4.69) is 6.92 Å². The molecule has 150 valence electrons. The number of benzene rings is 2. The van der Waals surface area contributed by atoms with Crippen LogP contribution in [0.25, 0.3) is 0 Å². The van der Waals surface area contributed by atoms with E-state index in [0.717, 1.165) is 36.1 Å². The number of unbranched alkanes of at least 4 members (excludes halogenated alkanes) is 1. The molecule has 4 rings (SSSR count). The smallest absolute Gasteiger partial charge is 0.190 e. The SMILES string of the molecule is CCCC[C@H]1O[C@@H]2OC(c3ccccc3)O[C@@H]2[C@H]1OCc1cccc(OC)c1. The van der Waals surface area contributed by atoms with Gasteiger partial charge in [0.25, 0.3) is 0 Å². The Kier molecular flexibility index (Phi) is 6.27. The van der Waals surface area contributed by atoms with Crippen LogP contribution >= 0.6 is 0 Å². The normalized spacial score (nSPS) is 29.0. The quantitative estimate of drug-likeness (QED) is 0.665. The minimum Gasteiger partial charge on any atom is -0.497 e. The second kappa shape index (κ2) is 9.05. The van der Waals surface area contributed by atoms with Gasteiger partial charge in [-0.15, -0.1) is 0 Å². The summed E-state index contributed by atoms with van der Waals surface area (Å²) < 4.78 is 30.1. The molecule has 2 fully saturated rings. The lowest BCUT2D eigenvalue weighted by atomic mass is 10.0. The Morgan fingerprint density at radius 2 is 1.82 bits per heavy atom. The molecule has 2 aromatic carbocycles. The number of methoxy groups -OCH3 is 1. The monoisotopic (exact) mass is 384 g/mol. The molecule has 5 heteroatoms. The highest BCUT2D eigenvalue weighted by molar-refractivity contribution is 5.28. The number of rotatable bonds is 8. The molecule has 2 saturated heterocycles. The van der Waals surface area contributed by atoms with Crippen molar-refractivity contribution in [3.8, 4) is 5.75 Å². The lowest BCUT2D eigenvalue weighted by Gasteiger charge is -2.23. The van der Waals surface area contributed by atoms with Crippen LogP contribution in [0.2, 0.25) is 0 Å². The molecule has 0 N–H and O–H groups in total. The van der Waals surface area contributed by atoms with Gasteiger partial charge in [-0.05, 0) is 24.1 Å². The summed E-state index contributed by atoms with van der Waals surface area (Å²) in [5, 5.41) is 0. The Bertz CT molecular complexity index is 750. The molecule has 2 aliphatic heterocycles. The van der Waals surface area contributed by atoms with Gasteiger partial charge in [0.15, 0.2) is 12.6 Å². The van der Waals surface area contributed by atoms with Gasteiger partial charge in [-0.3, -0.25) is 0 Å². The molecule has 2 heterocycles. The van der Waals surface area contributed by atoms with Gasteiger partial charge in [0, 0.05) is 5.56 Å². The van der Waals surface area contributed by atoms with Crippen LogP contribution in [0.5, 0.6) is 5.75 Å². The molecule has 2 aliphatic rings. The standard InChI is InChI=1S/C23H28O5/c1-3-4-13-19-20(25-15-16-9-8-12-18(14-16)24-2)21-23(26-19)28-22(27-21)17-10-6-5-7-11-17/h5-12,14,19-23H,3-4,13,15H2,1-2H3/t19-,20+,21-,22?,23-/m1/s1. The Morgan fingerprint density at radius 3 is 2.61 bits per heavy atom. The van der Waals surface area contributed by atoms with Crippen LogP contribution in [-0.2, 0) is 25.6 Å². The van der Waals surface area contributed by atoms with Crippen molar-refractivity contribution in [2.75, 3.05) is 7.11 Å². The fourth-order valence-corrected chi connectivity index (χ4v) is 3.80. The van der Waals surface area contributed by atoms with Gasteiger partial charge < -0.3 is 23.7 Å². The molecule has 0 aromatic heterocycles. The van der Waals surface area contributed by atoms with Crippen LogP contribution in [-0.4, -0.2) is 31.7 Å². The van der Waals surface area contributed by atoms with Crippen molar-refractivity contribution in [3.63, 3.8) is 0 Å². The van der Waals surface area contributed by atoms with Crippen molar-refractivity contribution in [2.24, 2.45) is 0 Å². The van der Waals surface area contributed by atoms with Gasteiger partial charge in [-0.1, -0.05) is 62.2 Å². The molecule has 5 nitrogen and oxygen atoms in total. The molecule has 1 unspecified atom stereocenters. The highest BCUT2D eigenvalue weighted by Crippen LogP contribution is 2.41. The first-order valence-electron chi connectivity index (χ1n) is 10.0. The third-order valence-electron chi connectivity index (χ3n) is 5.30. The average Bonchev–Trinajstić information content (AvgIpc) is 3.29. The zero-order chi connectivity index (χ0) is 19.3. The summed E-state index contributed by atoms with van der Waals surface area (Å²) in [4.78, 5) is 0. The van der Waals surface area contributed by atoms with Gasteiger partial charge in [-0.25, -0.2) is 0 Å². The van der Waals surface area contributed by atoms with Gasteiger partial charge >= 0.3 is 0 Å². The Morgan fingerprint density at radius 1 is 0.964 bits per heavy atom. The second-order valence-corrected chi connectivity index (χ2v) is 7.29. The van der Waals surface area contributed by atoms with Gasteiger partial charge in [-0.2, -0.15) is 0 Å². The third-order valence-corrected chi connectivity index (χ3v) is 5.30. The van der Waals surface area contributed by atoms with Crippen molar-refractivity contribution in [1.29, 1.82) is 0 Å². The van der Waals surface area contributed by atoms with E-state index >= 15 is 0 Å². The van der Waals surface area contributed by atoms with Crippen molar-refractivity contribution in [2.45, 2.75) is 63.7 Å². The topological polar surface area (TPSA) is 46.2 Å². The fraction of sp³-hybridized carbons (Fsp3) is 0.478. The number of fused-ring (bicyclic) bond motifs is 1. The van der Waals surface area contributed by atoms with Crippen LogP contribution in [0.15, 0.2) is 54.6 Å². The third kappa shape index (κ3) is 4.23. The highest BCUT2D eigenvalue weighted by atomic mass is 16.8. The number of ether oxygens (including phenoxy) is 5. The lowest BCUT2D eigenvalue weighted by Crippen LogP contribution is -2.34. The highest BCUT2D eigenvalue weighted by Gasteiger charge is 2.52. The first-order valence-corrected chi connectivity index (χ1v) is 10.0. The molecule has 0 amide bonds. The first kappa shape index (κ1) is 19.4. The largest absolute Gasteiger partial charge is 0.497 e. The minimum atomic E-state index is -0.411. The molecule has 0 radical (unpaired) electrons. The van der Waals surface area contributed by atoms with Crippen LogP contribution < -0.4 is 4.74 Å². The zero-order valence-corrected chi connectivity index (χ0v) is 16.5. The predicted octanol–water partition coefficient (Wildman–Crippen LogP) is 4.61. The zero-order valence-electron chi connectivity index (χ0n) is 16.5. The molecule has 5 atom stereocenters. The van der Waals surface area contributed by atoms with Gasteiger partial charge in [0.05, 0.1) is 19.8 Å². The van der Waals surface area contributed by atoms with Crippen LogP contribution in [0, 0.1) is 0 Å². The van der Waals surface area contributed by atoms with Crippen molar-refractivity contribution in [3.05, 3.63) is 65.7 Å². The maximum atomic E-state index is 6.31. The fourth-order valence-electron chi connectivity index (χ4n) is 3.80. The van der Waals surface area contributed by atoms with Gasteiger partial charge in [0.2, 0.25) is 0 Å². The average molecular weight is 384 g/mol. The van der Waals surface area contributed by atoms with E-state index < -0.39 is 6.29 Å². The summed E-state index contributed by atoms with van der Waals surface area (Å²) in [5.74, 6) is 0.828. The van der Waals surface area contributed by atoms with Crippen LogP contribution in [0.3, 0.4) is 0 Å². The van der Waals surface area contributed by atoms with E-state index in [1.54, 1.807) is 7.11 Å². The summed E-state index contributed by atoms with van der Waals surface area (Å²) in [5.41, 5.74) is 2.06. The molecule has 2 aromatic rings.